The van der Waals surface area contributed by atoms with Crippen molar-refractivity contribution in [1.29, 1.82) is 0 Å². The van der Waals surface area contributed by atoms with Crippen molar-refractivity contribution in [3.63, 3.8) is 0 Å². The molecule has 236 valence electrons. The summed E-state index contributed by atoms with van der Waals surface area (Å²) in [5.41, 5.74) is 2.99. The Kier molecular flexibility index (Phi) is 11.4. The summed E-state index contributed by atoms with van der Waals surface area (Å²) in [7, 11) is -2.69. The number of benzene rings is 4. The van der Waals surface area contributed by atoms with Crippen molar-refractivity contribution in [3.05, 3.63) is 126 Å². The molecule has 4 aromatic rings. The summed E-state index contributed by atoms with van der Waals surface area (Å²) < 4.78 is 34.7. The fraction of sp³-hybridized carbons (Fsp3) is 0.278. The lowest BCUT2D eigenvalue weighted by molar-refractivity contribution is -0.140. The van der Waals surface area contributed by atoms with Gasteiger partial charge in [0.05, 0.1) is 17.7 Å². The molecule has 9 heteroatoms. The summed E-state index contributed by atoms with van der Waals surface area (Å²) in [6, 6.07) is 30.8. The third-order valence-electron chi connectivity index (χ3n) is 7.66. The van der Waals surface area contributed by atoms with E-state index in [-0.39, 0.29) is 35.5 Å². The predicted octanol–water partition coefficient (Wildman–Crippen LogP) is 5.75. The van der Waals surface area contributed by atoms with E-state index in [1.807, 2.05) is 75.4 Å². The lowest BCUT2D eigenvalue weighted by Gasteiger charge is -2.34. The molecule has 0 radical (unpaired) electrons. The molecule has 4 aromatic carbocycles. The highest BCUT2D eigenvalue weighted by Crippen LogP contribution is 2.28. The minimum absolute atomic E-state index is 0.0428. The maximum Gasteiger partial charge on any atom is 0.264 e. The Morgan fingerprint density at radius 3 is 2.13 bits per heavy atom. The molecule has 0 aliphatic heterocycles. The Balaban J connectivity index is 1.81. The summed E-state index contributed by atoms with van der Waals surface area (Å²) in [4.78, 5) is 30.0. The number of aryl methyl sites for hydroxylation is 1. The molecule has 45 heavy (non-hydrogen) atoms. The molecular formula is C36H41N3O5S. The lowest BCUT2D eigenvalue weighted by Crippen LogP contribution is -2.54. The zero-order chi connectivity index (χ0) is 32.4. The van der Waals surface area contributed by atoms with Crippen LogP contribution < -0.4 is 14.4 Å². The van der Waals surface area contributed by atoms with Crippen LogP contribution in [-0.2, 0) is 32.6 Å². The van der Waals surface area contributed by atoms with Gasteiger partial charge in [0.2, 0.25) is 11.8 Å². The maximum absolute atomic E-state index is 14.5. The zero-order valence-corrected chi connectivity index (χ0v) is 27.0. The van der Waals surface area contributed by atoms with Gasteiger partial charge in [0.15, 0.2) is 0 Å². The molecule has 0 unspecified atom stereocenters. The number of rotatable bonds is 14. The monoisotopic (exact) mass is 627 g/mol. The lowest BCUT2D eigenvalue weighted by atomic mass is 10.0. The zero-order valence-electron chi connectivity index (χ0n) is 26.2. The van der Waals surface area contributed by atoms with Gasteiger partial charge in [-0.1, -0.05) is 91.3 Å². The Bertz CT molecular complexity index is 1680. The first-order valence-corrected chi connectivity index (χ1v) is 16.5. The molecule has 0 fully saturated rings. The van der Waals surface area contributed by atoms with Gasteiger partial charge in [0, 0.05) is 25.1 Å². The molecule has 2 atom stereocenters. The number of nitrogens with zero attached hydrogens (tertiary/aromatic N) is 2. The number of nitrogens with one attached hydrogen (secondary N) is 1. The molecule has 0 spiro atoms. The second kappa shape index (κ2) is 15.4. The fourth-order valence-electron chi connectivity index (χ4n) is 5.02. The standard InChI is InChI=1S/C36H41N3O5S/c1-5-28(3)37-36(41)34(23-29-15-8-6-9-16-29)38(25-30-17-12-14-27(2)22-30)35(40)26-39(31-18-13-19-32(24-31)44-4)45(42,43)33-20-10-7-11-21-33/h6-22,24,28,34H,5,23,25-26H2,1-4H3,(H,37,41)/t28-,34-/m0/s1. The van der Waals surface area contributed by atoms with Crippen LogP contribution in [0.3, 0.4) is 0 Å². The van der Waals surface area contributed by atoms with Gasteiger partial charge in [-0.25, -0.2) is 8.42 Å². The van der Waals surface area contributed by atoms with Gasteiger partial charge >= 0.3 is 0 Å². The highest BCUT2D eigenvalue weighted by molar-refractivity contribution is 7.92. The Morgan fingerprint density at radius 2 is 1.49 bits per heavy atom. The predicted molar refractivity (Wildman–Crippen MR) is 178 cm³/mol. The van der Waals surface area contributed by atoms with E-state index in [1.165, 1.54) is 24.1 Å². The number of amides is 2. The fourth-order valence-corrected chi connectivity index (χ4v) is 6.44. The van der Waals surface area contributed by atoms with Crippen LogP contribution in [0.4, 0.5) is 5.69 Å². The number of carbonyl (C=O) groups excluding carboxylic acids is 2. The van der Waals surface area contributed by atoms with Gasteiger partial charge < -0.3 is 15.0 Å². The Morgan fingerprint density at radius 1 is 0.844 bits per heavy atom. The smallest absolute Gasteiger partial charge is 0.264 e. The molecular weight excluding hydrogens is 586 g/mol. The summed E-state index contributed by atoms with van der Waals surface area (Å²) in [6.07, 6.45) is 0.972. The van der Waals surface area contributed by atoms with Crippen molar-refractivity contribution in [2.45, 2.75) is 57.1 Å². The van der Waals surface area contributed by atoms with Crippen molar-refractivity contribution in [3.8, 4) is 5.75 Å². The first kappa shape index (κ1) is 33.3. The van der Waals surface area contributed by atoms with Crippen LogP contribution in [0.2, 0.25) is 0 Å². The second-order valence-electron chi connectivity index (χ2n) is 11.1. The average molecular weight is 628 g/mol. The summed E-state index contributed by atoms with van der Waals surface area (Å²) in [5, 5.41) is 3.06. The van der Waals surface area contributed by atoms with Crippen LogP contribution in [0.5, 0.6) is 5.75 Å². The first-order chi connectivity index (χ1) is 21.6. The highest BCUT2D eigenvalue weighted by atomic mass is 32.2. The largest absolute Gasteiger partial charge is 0.497 e. The van der Waals surface area contributed by atoms with Crippen molar-refractivity contribution in [2.75, 3.05) is 18.0 Å². The van der Waals surface area contributed by atoms with Crippen LogP contribution in [0, 0.1) is 6.92 Å². The number of hydrogen-bond donors (Lipinski definition) is 1. The number of sulfonamides is 1. The minimum Gasteiger partial charge on any atom is -0.497 e. The number of carbonyl (C=O) groups is 2. The normalized spacial score (nSPS) is 12.5. The number of hydrogen-bond acceptors (Lipinski definition) is 5. The highest BCUT2D eigenvalue weighted by Gasteiger charge is 2.35. The van der Waals surface area contributed by atoms with Crippen LogP contribution in [-0.4, -0.2) is 50.9 Å². The number of anilines is 1. The van der Waals surface area contributed by atoms with Crippen molar-refractivity contribution >= 4 is 27.5 Å². The van der Waals surface area contributed by atoms with Gasteiger partial charge in [0.1, 0.15) is 18.3 Å². The molecule has 0 heterocycles. The van der Waals surface area contributed by atoms with Crippen LogP contribution >= 0.6 is 0 Å². The van der Waals surface area contributed by atoms with E-state index in [1.54, 1.807) is 42.5 Å². The second-order valence-corrected chi connectivity index (χ2v) is 12.9. The molecule has 8 nitrogen and oxygen atoms in total. The van der Waals surface area contributed by atoms with E-state index >= 15 is 0 Å². The summed E-state index contributed by atoms with van der Waals surface area (Å²) in [5.74, 6) is -0.369. The van der Waals surface area contributed by atoms with Gasteiger partial charge in [-0.3, -0.25) is 13.9 Å². The molecule has 0 aromatic heterocycles. The summed E-state index contributed by atoms with van der Waals surface area (Å²) in [6.45, 7) is 5.44. The third-order valence-corrected chi connectivity index (χ3v) is 9.45. The topological polar surface area (TPSA) is 96.0 Å². The molecule has 2 amide bonds. The quantitative estimate of drug-likeness (QED) is 0.192. The number of ether oxygens (including phenoxy) is 1. The Labute approximate surface area is 266 Å². The van der Waals surface area contributed by atoms with Crippen molar-refractivity contribution in [2.24, 2.45) is 0 Å². The van der Waals surface area contributed by atoms with E-state index in [0.29, 0.717) is 12.2 Å². The van der Waals surface area contributed by atoms with E-state index in [2.05, 4.69) is 5.32 Å². The minimum atomic E-state index is -4.19. The SMILES string of the molecule is CC[C@H](C)NC(=O)[C@H](Cc1ccccc1)N(Cc1cccc(C)c1)C(=O)CN(c1cccc(OC)c1)S(=O)(=O)c1ccccc1. The molecule has 0 aliphatic rings. The third kappa shape index (κ3) is 8.73. The van der Waals surface area contributed by atoms with Crippen LogP contribution in [0.1, 0.15) is 37.0 Å². The first-order valence-electron chi connectivity index (χ1n) is 15.0. The van der Waals surface area contributed by atoms with E-state index < -0.39 is 28.5 Å². The molecule has 1 N–H and O–H groups in total. The Hall–Kier alpha value is -4.63. The van der Waals surface area contributed by atoms with Gasteiger partial charge in [-0.05, 0) is 55.7 Å². The van der Waals surface area contributed by atoms with Crippen molar-refractivity contribution in [1.82, 2.24) is 10.2 Å². The molecule has 4 rings (SSSR count). The van der Waals surface area contributed by atoms with E-state index in [0.717, 1.165) is 21.0 Å². The molecule has 0 bridgehead atoms. The maximum atomic E-state index is 14.5. The van der Waals surface area contributed by atoms with Crippen molar-refractivity contribution < 1.29 is 22.7 Å². The van der Waals surface area contributed by atoms with Gasteiger partial charge in [-0.2, -0.15) is 0 Å². The van der Waals surface area contributed by atoms with E-state index in [9.17, 15) is 18.0 Å². The summed E-state index contributed by atoms with van der Waals surface area (Å²) >= 11 is 0. The number of methoxy groups -OCH3 is 1. The van der Waals surface area contributed by atoms with Crippen LogP contribution in [0.15, 0.2) is 114 Å². The van der Waals surface area contributed by atoms with E-state index in [4.69, 9.17) is 4.74 Å². The molecule has 0 saturated heterocycles. The molecule has 0 saturated carbocycles. The molecule has 0 aliphatic carbocycles. The van der Waals surface area contributed by atoms with Gasteiger partial charge in [-0.15, -0.1) is 0 Å². The average Bonchev–Trinajstić information content (AvgIpc) is 3.05. The van der Waals surface area contributed by atoms with Gasteiger partial charge in [0.25, 0.3) is 10.0 Å². The van der Waals surface area contributed by atoms with Crippen LogP contribution in [0.25, 0.3) is 0 Å².